The van der Waals surface area contributed by atoms with Gasteiger partial charge in [-0.15, -0.1) is 0 Å². The normalized spacial score (nSPS) is 19.0. The van der Waals surface area contributed by atoms with Crippen LogP contribution in [0.2, 0.25) is 10.0 Å². The number of carbonyl (C=O) groups is 1. The number of hydrogen-bond donors (Lipinski definition) is 2. The summed E-state index contributed by atoms with van der Waals surface area (Å²) in [5.74, 6) is 6.54. The third-order valence-corrected chi connectivity index (χ3v) is 5.94. The average molecular weight is 437 g/mol. The van der Waals surface area contributed by atoms with E-state index in [1.54, 1.807) is 24.3 Å². The Balaban J connectivity index is 1.96. The van der Waals surface area contributed by atoms with E-state index in [2.05, 4.69) is 22.3 Å². The number of nitrogens with two attached hydrogens (primary N) is 1. The first-order valence-electron chi connectivity index (χ1n) is 9.26. The fourth-order valence-electron chi connectivity index (χ4n) is 4.07. The molecule has 0 saturated carbocycles. The van der Waals surface area contributed by atoms with Crippen LogP contribution in [-0.4, -0.2) is 55.7 Å². The van der Waals surface area contributed by atoms with E-state index < -0.39 is 5.54 Å². The van der Waals surface area contributed by atoms with E-state index >= 15 is 0 Å². The van der Waals surface area contributed by atoms with Gasteiger partial charge < -0.3 is 14.4 Å². The van der Waals surface area contributed by atoms with Crippen LogP contribution in [0, 0.1) is 0 Å². The molecule has 1 amide bonds. The van der Waals surface area contributed by atoms with Crippen molar-refractivity contribution in [2.75, 3.05) is 40.0 Å². The Labute approximate surface area is 179 Å². The maximum absolute atomic E-state index is 13.5. The van der Waals surface area contributed by atoms with Crippen molar-refractivity contribution >= 4 is 29.1 Å². The van der Waals surface area contributed by atoms with Crippen LogP contribution in [0.3, 0.4) is 0 Å². The molecular weight excluding hydrogens is 415 g/mol. The molecule has 0 aliphatic carbocycles. The van der Waals surface area contributed by atoms with Crippen LogP contribution in [0.5, 0.6) is 11.5 Å². The van der Waals surface area contributed by atoms with E-state index in [1.165, 1.54) is 0 Å². The lowest BCUT2D eigenvalue weighted by molar-refractivity contribution is -0.133. The quantitative estimate of drug-likeness (QED) is 0.434. The van der Waals surface area contributed by atoms with Gasteiger partial charge in [0.1, 0.15) is 0 Å². The van der Waals surface area contributed by atoms with Gasteiger partial charge in [0, 0.05) is 36.2 Å². The number of nitrogens with zero attached hydrogens (tertiary/aromatic N) is 2. The molecule has 0 aromatic heterocycles. The third-order valence-electron chi connectivity index (χ3n) is 5.51. The topological polar surface area (TPSA) is 80.1 Å². The zero-order chi connectivity index (χ0) is 20.6. The van der Waals surface area contributed by atoms with E-state index in [-0.39, 0.29) is 12.7 Å². The molecule has 154 valence electrons. The molecule has 0 spiro atoms. The smallest absolute Gasteiger partial charge is 0.263 e. The molecule has 29 heavy (non-hydrogen) atoms. The van der Waals surface area contributed by atoms with Crippen molar-refractivity contribution in [2.45, 2.75) is 5.54 Å². The van der Waals surface area contributed by atoms with Crippen LogP contribution in [0.1, 0.15) is 11.1 Å². The molecule has 1 unspecified atom stereocenters. The molecule has 1 atom stereocenters. The summed E-state index contributed by atoms with van der Waals surface area (Å²) in [6.07, 6.45) is 0. The summed E-state index contributed by atoms with van der Waals surface area (Å²) in [5.41, 5.74) is 2.48. The molecule has 2 aliphatic rings. The van der Waals surface area contributed by atoms with Gasteiger partial charge in [-0.05, 0) is 48.5 Å². The number of likely N-dealkylation sites (N-methyl/N-ethyl adjacent to an activating group) is 1. The monoisotopic (exact) mass is 436 g/mol. The minimum atomic E-state index is -1.23. The van der Waals surface area contributed by atoms with Crippen molar-refractivity contribution in [3.63, 3.8) is 0 Å². The number of hydrogen-bond acceptors (Lipinski definition) is 6. The highest BCUT2D eigenvalue weighted by atomic mass is 35.5. The average Bonchev–Trinajstić information content (AvgIpc) is 3.17. The highest BCUT2D eigenvalue weighted by Gasteiger charge is 2.48. The summed E-state index contributed by atoms with van der Waals surface area (Å²) in [4.78, 5) is 17.8. The number of amides is 1. The minimum Gasteiger partial charge on any atom is -0.454 e. The van der Waals surface area contributed by atoms with Gasteiger partial charge in [-0.25, -0.2) is 5.84 Å². The second-order valence-electron chi connectivity index (χ2n) is 7.20. The second-order valence-corrected chi connectivity index (χ2v) is 8.07. The summed E-state index contributed by atoms with van der Waals surface area (Å²) < 4.78 is 11.0. The predicted molar refractivity (Wildman–Crippen MR) is 111 cm³/mol. The number of piperazine rings is 1. The molecule has 0 bridgehead atoms. The highest BCUT2D eigenvalue weighted by molar-refractivity contribution is 6.34. The van der Waals surface area contributed by atoms with Gasteiger partial charge in [-0.1, -0.05) is 29.3 Å². The fourth-order valence-corrected chi connectivity index (χ4v) is 4.59. The summed E-state index contributed by atoms with van der Waals surface area (Å²) >= 11 is 12.7. The Morgan fingerprint density at radius 2 is 1.66 bits per heavy atom. The number of halogens is 2. The van der Waals surface area contributed by atoms with Crippen molar-refractivity contribution < 1.29 is 14.3 Å². The standard InChI is InChI=1S/C20H22Cl2N4O3/c1-25-4-6-26(7-5-25)20(19(27)24-23,14-8-15(21)11-16(22)9-14)13-2-3-17-18(10-13)29-12-28-17/h2-3,8-11H,4-7,12,23H2,1H3,(H,24,27). The molecule has 2 aromatic carbocycles. The van der Waals surface area contributed by atoms with Crippen molar-refractivity contribution in [2.24, 2.45) is 5.84 Å². The van der Waals surface area contributed by atoms with E-state index in [4.69, 9.17) is 38.5 Å². The summed E-state index contributed by atoms with van der Waals surface area (Å²) in [6, 6.07) is 10.6. The second kappa shape index (κ2) is 8.01. The van der Waals surface area contributed by atoms with Gasteiger partial charge in [-0.3, -0.25) is 15.1 Å². The minimum absolute atomic E-state index is 0.145. The predicted octanol–water partition coefficient (Wildman–Crippen LogP) is 2.20. The number of hydrazine groups is 1. The van der Waals surface area contributed by atoms with Crippen LogP contribution in [0.15, 0.2) is 36.4 Å². The zero-order valence-electron chi connectivity index (χ0n) is 16.0. The molecule has 3 N–H and O–H groups in total. The lowest BCUT2D eigenvalue weighted by Crippen LogP contribution is -2.62. The molecule has 2 heterocycles. The largest absolute Gasteiger partial charge is 0.454 e. The van der Waals surface area contributed by atoms with Crippen molar-refractivity contribution in [3.05, 3.63) is 57.6 Å². The van der Waals surface area contributed by atoms with Crippen LogP contribution in [-0.2, 0) is 10.3 Å². The lowest BCUT2D eigenvalue weighted by atomic mass is 9.79. The Hall–Kier alpha value is -2.03. The van der Waals surface area contributed by atoms with Gasteiger partial charge >= 0.3 is 0 Å². The molecule has 1 fully saturated rings. The SMILES string of the molecule is CN1CCN(C(C(=O)NN)(c2cc(Cl)cc(Cl)c2)c2ccc3c(c2)OCO3)CC1. The van der Waals surface area contributed by atoms with Crippen LogP contribution < -0.4 is 20.7 Å². The third kappa shape index (κ3) is 3.53. The van der Waals surface area contributed by atoms with Gasteiger partial charge in [-0.2, -0.15) is 0 Å². The van der Waals surface area contributed by atoms with Crippen molar-refractivity contribution in [3.8, 4) is 11.5 Å². The molecule has 7 nitrogen and oxygen atoms in total. The molecule has 4 rings (SSSR count). The molecule has 1 saturated heterocycles. The zero-order valence-corrected chi connectivity index (χ0v) is 17.5. The molecule has 2 aromatic rings. The number of benzene rings is 2. The van der Waals surface area contributed by atoms with Crippen LogP contribution >= 0.6 is 23.2 Å². The van der Waals surface area contributed by atoms with Gasteiger partial charge in [0.15, 0.2) is 17.0 Å². The van der Waals surface area contributed by atoms with E-state index in [9.17, 15) is 4.79 Å². The summed E-state index contributed by atoms with van der Waals surface area (Å²) in [5, 5.41) is 0.883. The van der Waals surface area contributed by atoms with Crippen LogP contribution in [0.4, 0.5) is 0 Å². The highest BCUT2D eigenvalue weighted by Crippen LogP contribution is 2.43. The molecular formula is C20H22Cl2N4O3. The number of nitrogens with one attached hydrogen (secondary N) is 1. The number of rotatable bonds is 4. The Bertz CT molecular complexity index is 914. The first-order chi connectivity index (χ1) is 13.9. The number of ether oxygens (including phenoxy) is 2. The molecule has 9 heteroatoms. The van der Waals surface area contributed by atoms with E-state index in [1.807, 2.05) is 12.1 Å². The first-order valence-corrected chi connectivity index (χ1v) is 10.0. The number of carbonyl (C=O) groups excluding carboxylic acids is 1. The molecule has 0 radical (unpaired) electrons. The van der Waals surface area contributed by atoms with E-state index in [0.717, 1.165) is 13.1 Å². The van der Waals surface area contributed by atoms with Crippen molar-refractivity contribution in [1.82, 2.24) is 15.2 Å². The van der Waals surface area contributed by atoms with Gasteiger partial charge in [0.25, 0.3) is 5.91 Å². The maximum atomic E-state index is 13.5. The maximum Gasteiger partial charge on any atom is 0.263 e. The first kappa shape index (κ1) is 20.3. The Morgan fingerprint density at radius 1 is 1.00 bits per heavy atom. The van der Waals surface area contributed by atoms with E-state index in [0.29, 0.717) is 45.8 Å². The van der Waals surface area contributed by atoms with Gasteiger partial charge in [0.05, 0.1) is 0 Å². The Kier molecular flexibility index (Phi) is 5.59. The fraction of sp³-hybridized carbons (Fsp3) is 0.350. The summed E-state index contributed by atoms with van der Waals surface area (Å²) in [6.45, 7) is 3.06. The van der Waals surface area contributed by atoms with Crippen LogP contribution in [0.25, 0.3) is 0 Å². The summed E-state index contributed by atoms with van der Waals surface area (Å²) in [7, 11) is 2.05. The Morgan fingerprint density at radius 3 is 2.31 bits per heavy atom. The lowest BCUT2D eigenvalue weighted by Gasteiger charge is -2.46. The van der Waals surface area contributed by atoms with Gasteiger partial charge in [0.2, 0.25) is 6.79 Å². The van der Waals surface area contributed by atoms with Crippen molar-refractivity contribution in [1.29, 1.82) is 0 Å². The molecule has 2 aliphatic heterocycles. The number of fused-ring (bicyclic) bond motifs is 1.